The zero-order valence-electron chi connectivity index (χ0n) is 13.7. The number of thiophene rings is 1. The molecule has 1 amide bonds. The van der Waals surface area contributed by atoms with E-state index in [1.807, 2.05) is 0 Å². The van der Waals surface area contributed by atoms with E-state index < -0.39 is 29.6 Å². The van der Waals surface area contributed by atoms with Crippen LogP contribution in [0.5, 0.6) is 0 Å². The van der Waals surface area contributed by atoms with Gasteiger partial charge in [0.05, 0.1) is 14.4 Å². The van der Waals surface area contributed by atoms with Crippen molar-refractivity contribution in [1.82, 2.24) is 9.78 Å². The van der Waals surface area contributed by atoms with Crippen molar-refractivity contribution in [1.29, 1.82) is 0 Å². The fraction of sp³-hybridized carbons (Fsp3) is 0.125. The van der Waals surface area contributed by atoms with Crippen LogP contribution in [-0.2, 0) is 12.4 Å². The van der Waals surface area contributed by atoms with E-state index in [2.05, 4.69) is 42.3 Å². The monoisotopic (exact) mass is 561 g/mol. The van der Waals surface area contributed by atoms with Crippen LogP contribution < -0.4 is 5.32 Å². The van der Waals surface area contributed by atoms with E-state index in [1.54, 1.807) is 6.07 Å². The van der Waals surface area contributed by atoms with Crippen molar-refractivity contribution < 1.29 is 31.1 Å². The third-order valence-electron chi connectivity index (χ3n) is 3.53. The van der Waals surface area contributed by atoms with Gasteiger partial charge in [-0.1, -0.05) is 0 Å². The van der Waals surface area contributed by atoms with Gasteiger partial charge in [-0.2, -0.15) is 31.4 Å². The molecule has 3 aromatic rings. The smallest absolute Gasteiger partial charge is 0.321 e. The number of rotatable bonds is 3. The molecule has 0 aliphatic carbocycles. The molecule has 0 saturated carbocycles. The lowest BCUT2D eigenvalue weighted by Crippen LogP contribution is -2.14. The second-order valence-corrected chi connectivity index (χ2v) is 8.78. The minimum Gasteiger partial charge on any atom is -0.321 e. The van der Waals surface area contributed by atoms with Crippen molar-refractivity contribution >= 4 is 54.8 Å². The number of halogens is 8. The molecule has 2 aromatic heterocycles. The van der Waals surface area contributed by atoms with E-state index in [0.717, 1.165) is 23.5 Å². The normalized spacial score (nSPS) is 12.3. The number of benzene rings is 1. The minimum atomic E-state index is -5.04. The molecule has 0 saturated heterocycles. The van der Waals surface area contributed by atoms with Crippen LogP contribution in [-0.4, -0.2) is 15.7 Å². The Morgan fingerprint density at radius 1 is 1.00 bits per heavy atom. The summed E-state index contributed by atoms with van der Waals surface area (Å²) in [6, 6.07) is 6.30. The van der Waals surface area contributed by atoms with E-state index >= 15 is 0 Å². The van der Waals surface area contributed by atoms with Crippen LogP contribution in [0.15, 0.2) is 44.7 Å². The number of alkyl halides is 6. The van der Waals surface area contributed by atoms with E-state index in [-0.39, 0.29) is 22.1 Å². The van der Waals surface area contributed by atoms with Gasteiger partial charge >= 0.3 is 12.4 Å². The maximum atomic E-state index is 13.1. The lowest BCUT2D eigenvalue weighted by atomic mass is 10.2. The van der Waals surface area contributed by atoms with E-state index in [0.29, 0.717) is 13.1 Å². The highest BCUT2D eigenvalue weighted by Gasteiger charge is 2.42. The molecule has 0 bridgehead atoms. The summed E-state index contributed by atoms with van der Waals surface area (Å²) in [5.74, 6) is -0.455. The molecule has 0 atom stereocenters. The van der Waals surface area contributed by atoms with Gasteiger partial charge in [-0.3, -0.25) is 4.79 Å². The molecule has 0 aliphatic rings. The molecule has 1 N–H and O–H groups in total. The summed E-state index contributed by atoms with van der Waals surface area (Å²) in [5.41, 5.74) is -3.21. The van der Waals surface area contributed by atoms with Crippen LogP contribution in [0, 0.1) is 0 Å². The first-order valence-electron chi connectivity index (χ1n) is 7.47. The first-order valence-corrected chi connectivity index (χ1v) is 9.87. The number of carbonyl (C=O) groups is 1. The van der Waals surface area contributed by atoms with Gasteiger partial charge in [-0.25, -0.2) is 4.68 Å². The highest BCUT2D eigenvalue weighted by Crippen LogP contribution is 2.37. The highest BCUT2D eigenvalue weighted by atomic mass is 79.9. The Balaban J connectivity index is 1.88. The van der Waals surface area contributed by atoms with Crippen LogP contribution in [0.4, 0.5) is 32.0 Å². The minimum absolute atomic E-state index is 0.0534. The first kappa shape index (κ1) is 21.8. The van der Waals surface area contributed by atoms with Crippen LogP contribution in [0.3, 0.4) is 0 Å². The van der Waals surface area contributed by atoms with Gasteiger partial charge in [0, 0.05) is 16.2 Å². The quantitative estimate of drug-likeness (QED) is 0.359. The number of nitrogens with zero attached hydrogens (tertiary/aromatic N) is 2. The largest absolute Gasteiger partial charge is 0.435 e. The van der Waals surface area contributed by atoms with Crippen LogP contribution in [0.1, 0.15) is 21.1 Å². The summed E-state index contributed by atoms with van der Waals surface area (Å²) in [6.07, 6.45) is -10.1. The molecule has 13 heteroatoms. The predicted molar refractivity (Wildman–Crippen MR) is 101 cm³/mol. The predicted octanol–water partition coefficient (Wildman–Crippen LogP) is 6.75. The Morgan fingerprint density at radius 3 is 2.10 bits per heavy atom. The van der Waals surface area contributed by atoms with Crippen LogP contribution >= 0.6 is 43.2 Å². The van der Waals surface area contributed by atoms with Crippen molar-refractivity contribution in [3.8, 4) is 5.69 Å². The zero-order valence-corrected chi connectivity index (χ0v) is 17.7. The Morgan fingerprint density at radius 2 is 1.62 bits per heavy atom. The van der Waals surface area contributed by atoms with Gasteiger partial charge in [0.1, 0.15) is 5.69 Å². The van der Waals surface area contributed by atoms with E-state index in [9.17, 15) is 31.1 Å². The fourth-order valence-corrected chi connectivity index (χ4v) is 4.19. The van der Waals surface area contributed by atoms with Crippen molar-refractivity contribution in [3.63, 3.8) is 0 Å². The average Bonchev–Trinajstić information content (AvgIpc) is 3.20. The third-order valence-corrected chi connectivity index (χ3v) is 6.78. The Labute approximate surface area is 179 Å². The Kier molecular flexibility index (Phi) is 5.84. The number of anilines is 1. The van der Waals surface area contributed by atoms with Gasteiger partial charge in [-0.05, 0) is 62.2 Å². The number of hydrogen-bond acceptors (Lipinski definition) is 3. The SMILES string of the molecule is O=C(Nc1ccc(-n2nc(C(F)(F)F)cc2C(F)(F)F)cc1)c1cc(Br)c(Br)s1. The molecule has 154 valence electrons. The van der Waals surface area contributed by atoms with Crippen molar-refractivity contribution in [3.05, 3.63) is 60.9 Å². The highest BCUT2D eigenvalue weighted by molar-refractivity contribution is 9.13. The molecule has 0 unspecified atom stereocenters. The van der Waals surface area contributed by atoms with Gasteiger partial charge in [-0.15, -0.1) is 11.3 Å². The van der Waals surface area contributed by atoms with Crippen LogP contribution in [0.2, 0.25) is 0 Å². The maximum absolute atomic E-state index is 13.1. The molecule has 0 radical (unpaired) electrons. The van der Waals surface area contributed by atoms with Crippen LogP contribution in [0.25, 0.3) is 5.69 Å². The summed E-state index contributed by atoms with van der Waals surface area (Å²) in [6.45, 7) is 0. The lowest BCUT2D eigenvalue weighted by molar-refractivity contribution is -0.143. The first-order chi connectivity index (χ1) is 13.4. The molecule has 4 nitrogen and oxygen atoms in total. The number of hydrogen-bond donors (Lipinski definition) is 1. The van der Waals surface area contributed by atoms with E-state index in [1.165, 1.54) is 12.1 Å². The molecular formula is C16H7Br2F6N3OS. The molecule has 3 rings (SSSR count). The topological polar surface area (TPSA) is 46.9 Å². The zero-order chi connectivity index (χ0) is 21.6. The summed E-state index contributed by atoms with van der Waals surface area (Å²) in [7, 11) is 0. The molecule has 0 aliphatic heterocycles. The average molecular weight is 563 g/mol. The molecule has 0 fully saturated rings. The molecule has 2 heterocycles. The fourth-order valence-electron chi connectivity index (χ4n) is 2.26. The number of aromatic nitrogens is 2. The maximum Gasteiger partial charge on any atom is 0.435 e. The lowest BCUT2D eigenvalue weighted by Gasteiger charge is -2.11. The summed E-state index contributed by atoms with van der Waals surface area (Å²) in [5, 5.41) is 5.59. The summed E-state index contributed by atoms with van der Waals surface area (Å²) >= 11 is 7.66. The third kappa shape index (κ3) is 4.83. The molecule has 29 heavy (non-hydrogen) atoms. The van der Waals surface area contributed by atoms with Crippen molar-refractivity contribution in [2.24, 2.45) is 0 Å². The molecular weight excluding hydrogens is 556 g/mol. The second-order valence-electron chi connectivity index (χ2n) is 5.56. The number of carbonyl (C=O) groups excluding carboxylic acids is 1. The summed E-state index contributed by atoms with van der Waals surface area (Å²) < 4.78 is 79.3. The second kappa shape index (κ2) is 7.76. The summed E-state index contributed by atoms with van der Waals surface area (Å²) in [4.78, 5) is 12.6. The number of amides is 1. The van der Waals surface area contributed by atoms with Crippen molar-refractivity contribution in [2.45, 2.75) is 12.4 Å². The van der Waals surface area contributed by atoms with Gasteiger partial charge < -0.3 is 5.32 Å². The Bertz CT molecular complexity index is 1040. The number of nitrogens with one attached hydrogen (secondary N) is 1. The standard InChI is InChI=1S/C16H7Br2F6N3OS/c17-9-5-10(29-13(9)18)14(28)25-7-1-3-8(4-2-7)27-12(16(22,23)24)6-11(26-27)15(19,20)21/h1-6H,(H,25,28). The Hall–Kier alpha value is -1.86. The van der Waals surface area contributed by atoms with Gasteiger partial charge in [0.25, 0.3) is 5.91 Å². The van der Waals surface area contributed by atoms with Crippen molar-refractivity contribution in [2.75, 3.05) is 5.32 Å². The molecule has 0 spiro atoms. The van der Waals surface area contributed by atoms with E-state index in [4.69, 9.17) is 0 Å². The molecule has 1 aromatic carbocycles. The van der Waals surface area contributed by atoms with Gasteiger partial charge in [0.15, 0.2) is 5.69 Å². The van der Waals surface area contributed by atoms with Gasteiger partial charge in [0.2, 0.25) is 0 Å².